The van der Waals surface area contributed by atoms with Gasteiger partial charge in [0.2, 0.25) is 5.91 Å². The minimum absolute atomic E-state index is 0.103. The lowest BCUT2D eigenvalue weighted by Crippen LogP contribution is -2.54. The largest absolute Gasteiger partial charge is 0.352 e. The molecule has 1 rings (SSSR count). The molecule has 0 aromatic carbocycles. The first-order valence-electron chi connectivity index (χ1n) is 6.00. The van der Waals surface area contributed by atoms with E-state index in [1.807, 2.05) is 0 Å². The molecule has 0 saturated heterocycles. The van der Waals surface area contributed by atoms with Crippen LogP contribution in [0.2, 0.25) is 0 Å². The molecule has 17 heavy (non-hydrogen) atoms. The van der Waals surface area contributed by atoms with E-state index in [1.54, 1.807) is 27.7 Å². The molecule has 3 N–H and O–H groups in total. The second-order valence-electron chi connectivity index (χ2n) is 5.43. The second kappa shape index (κ2) is 4.71. The van der Waals surface area contributed by atoms with E-state index in [1.165, 1.54) is 0 Å². The highest BCUT2D eigenvalue weighted by molar-refractivity contribution is 7.54. The number of hydrogen-bond donors (Lipinski definition) is 3. The van der Waals surface area contributed by atoms with Crippen LogP contribution in [0, 0.1) is 11.8 Å². The predicted octanol–water partition coefficient (Wildman–Crippen LogP) is 1.49. The minimum Gasteiger partial charge on any atom is -0.352 e. The van der Waals surface area contributed by atoms with Crippen LogP contribution < -0.4 is 5.32 Å². The molecular weight excluding hydrogens is 241 g/mol. The summed E-state index contributed by atoms with van der Waals surface area (Å²) in [4.78, 5) is 31.5. The summed E-state index contributed by atoms with van der Waals surface area (Å²) in [5.74, 6) is -1.33. The predicted molar refractivity (Wildman–Crippen MR) is 65.6 cm³/mol. The molecule has 100 valence electrons. The van der Waals surface area contributed by atoms with Gasteiger partial charge in [0, 0.05) is 6.04 Å². The van der Waals surface area contributed by atoms with E-state index in [0.717, 1.165) is 12.8 Å². The Balaban J connectivity index is 3.13. The van der Waals surface area contributed by atoms with E-state index in [4.69, 9.17) is 0 Å². The molecule has 0 aromatic rings. The van der Waals surface area contributed by atoms with Crippen molar-refractivity contribution in [2.24, 2.45) is 11.8 Å². The van der Waals surface area contributed by atoms with Crippen LogP contribution in [0.4, 0.5) is 0 Å². The van der Waals surface area contributed by atoms with Gasteiger partial charge in [-0.3, -0.25) is 9.36 Å². The van der Waals surface area contributed by atoms with E-state index >= 15 is 0 Å². The van der Waals surface area contributed by atoms with Crippen molar-refractivity contribution in [3.05, 3.63) is 0 Å². The average molecular weight is 263 g/mol. The molecule has 0 atom stereocenters. The van der Waals surface area contributed by atoms with Gasteiger partial charge in [0.15, 0.2) is 5.16 Å². The van der Waals surface area contributed by atoms with Gasteiger partial charge in [0.25, 0.3) is 0 Å². The van der Waals surface area contributed by atoms with Crippen molar-refractivity contribution in [2.75, 3.05) is 0 Å². The molecule has 5 nitrogen and oxygen atoms in total. The van der Waals surface area contributed by atoms with Crippen molar-refractivity contribution in [2.45, 2.75) is 51.7 Å². The molecule has 6 heteroatoms. The standard InChI is InChI=1S/C11H22NO4P/c1-7(2)11(8(3)4,17(14,15)16)10(13)12-9-5-6-9/h7-9H,5-6H2,1-4H3,(H,12,13)(H2,14,15,16). The topological polar surface area (TPSA) is 86.6 Å². The van der Waals surface area contributed by atoms with E-state index in [-0.39, 0.29) is 6.04 Å². The zero-order valence-electron chi connectivity index (χ0n) is 10.8. The summed E-state index contributed by atoms with van der Waals surface area (Å²) in [5, 5.41) is 1.12. The Morgan fingerprint density at radius 2 is 1.65 bits per heavy atom. The molecule has 0 heterocycles. The number of amides is 1. The van der Waals surface area contributed by atoms with Gasteiger partial charge >= 0.3 is 7.60 Å². The van der Waals surface area contributed by atoms with Crippen molar-refractivity contribution >= 4 is 13.5 Å². The zero-order valence-corrected chi connectivity index (χ0v) is 11.7. The summed E-state index contributed by atoms with van der Waals surface area (Å²) >= 11 is 0. The highest BCUT2D eigenvalue weighted by Gasteiger charge is 2.58. The second-order valence-corrected chi connectivity index (χ2v) is 7.25. The van der Waals surface area contributed by atoms with Crippen LogP contribution in [-0.2, 0) is 9.36 Å². The average Bonchev–Trinajstić information content (AvgIpc) is 2.83. The van der Waals surface area contributed by atoms with E-state index < -0.39 is 30.5 Å². The molecule has 1 fully saturated rings. The van der Waals surface area contributed by atoms with Gasteiger partial charge in [-0.2, -0.15) is 0 Å². The Labute approximate surface area is 102 Å². The summed E-state index contributed by atoms with van der Waals surface area (Å²) < 4.78 is 11.8. The first kappa shape index (κ1) is 14.7. The van der Waals surface area contributed by atoms with Crippen LogP contribution in [0.3, 0.4) is 0 Å². The fourth-order valence-electron chi connectivity index (χ4n) is 2.52. The molecule has 0 spiro atoms. The first-order valence-corrected chi connectivity index (χ1v) is 7.61. The molecule has 1 saturated carbocycles. The van der Waals surface area contributed by atoms with Crippen molar-refractivity contribution in [3.63, 3.8) is 0 Å². The van der Waals surface area contributed by atoms with Crippen molar-refractivity contribution in [1.29, 1.82) is 0 Å². The van der Waals surface area contributed by atoms with Crippen LogP contribution in [-0.4, -0.2) is 26.9 Å². The third kappa shape index (κ3) is 2.56. The number of nitrogens with one attached hydrogen (secondary N) is 1. The van der Waals surface area contributed by atoms with E-state index in [0.29, 0.717) is 0 Å². The Kier molecular flexibility index (Phi) is 4.07. The van der Waals surface area contributed by atoms with Gasteiger partial charge in [0.05, 0.1) is 0 Å². The van der Waals surface area contributed by atoms with Gasteiger partial charge in [-0.1, -0.05) is 27.7 Å². The highest BCUT2D eigenvalue weighted by Crippen LogP contribution is 2.58. The van der Waals surface area contributed by atoms with Crippen LogP contribution in [0.25, 0.3) is 0 Å². The number of carbonyl (C=O) groups excluding carboxylic acids is 1. The summed E-state index contributed by atoms with van der Waals surface area (Å²) in [6.45, 7) is 6.74. The van der Waals surface area contributed by atoms with Gasteiger partial charge in [-0.05, 0) is 24.7 Å². The quantitative estimate of drug-likeness (QED) is 0.656. The lowest BCUT2D eigenvalue weighted by molar-refractivity contribution is -0.126. The molecule has 0 bridgehead atoms. The summed E-state index contributed by atoms with van der Waals surface area (Å²) in [5.41, 5.74) is 0. The maximum Gasteiger partial charge on any atom is 0.341 e. The minimum atomic E-state index is -4.52. The Morgan fingerprint density at radius 1 is 1.24 bits per heavy atom. The number of rotatable bonds is 5. The Morgan fingerprint density at radius 3 is 1.88 bits per heavy atom. The molecule has 0 aliphatic heterocycles. The van der Waals surface area contributed by atoms with E-state index in [9.17, 15) is 19.1 Å². The third-order valence-corrected chi connectivity index (χ3v) is 5.72. The Hall–Kier alpha value is -0.380. The SMILES string of the molecule is CC(C)C(C(=O)NC1CC1)(C(C)C)P(=O)(O)O. The fourth-order valence-corrected chi connectivity index (χ4v) is 4.20. The highest BCUT2D eigenvalue weighted by atomic mass is 31.2. The molecule has 1 amide bonds. The van der Waals surface area contributed by atoms with Gasteiger partial charge in [-0.15, -0.1) is 0 Å². The monoisotopic (exact) mass is 263 g/mol. The molecule has 1 aliphatic rings. The maximum atomic E-state index is 12.2. The van der Waals surface area contributed by atoms with Crippen LogP contribution in [0.5, 0.6) is 0 Å². The summed E-state index contributed by atoms with van der Waals surface area (Å²) in [6.07, 6.45) is 1.80. The lowest BCUT2D eigenvalue weighted by atomic mass is 9.83. The summed E-state index contributed by atoms with van der Waals surface area (Å²) in [6, 6.07) is 0.103. The van der Waals surface area contributed by atoms with Crippen molar-refractivity contribution < 1.29 is 19.1 Å². The normalized spacial score (nSPS) is 17.6. The smallest absolute Gasteiger partial charge is 0.341 e. The molecule has 1 aliphatic carbocycles. The first-order chi connectivity index (χ1) is 7.64. The van der Waals surface area contributed by atoms with E-state index in [2.05, 4.69) is 5.32 Å². The summed E-state index contributed by atoms with van der Waals surface area (Å²) in [7, 11) is -4.52. The molecule has 0 unspecified atom stereocenters. The maximum absolute atomic E-state index is 12.2. The lowest BCUT2D eigenvalue weighted by Gasteiger charge is -2.39. The number of hydrogen-bond acceptors (Lipinski definition) is 2. The van der Waals surface area contributed by atoms with Crippen LogP contribution in [0.1, 0.15) is 40.5 Å². The fraction of sp³-hybridized carbons (Fsp3) is 0.909. The number of carbonyl (C=O) groups is 1. The molecular formula is C11H22NO4P. The van der Waals surface area contributed by atoms with Gasteiger partial charge in [0.1, 0.15) is 0 Å². The van der Waals surface area contributed by atoms with Crippen molar-refractivity contribution in [3.8, 4) is 0 Å². The van der Waals surface area contributed by atoms with Gasteiger partial charge in [-0.25, -0.2) is 0 Å². The molecule has 0 aromatic heterocycles. The molecule has 0 radical (unpaired) electrons. The van der Waals surface area contributed by atoms with Crippen LogP contribution in [0.15, 0.2) is 0 Å². The Bertz CT molecular complexity index is 335. The van der Waals surface area contributed by atoms with Gasteiger partial charge < -0.3 is 15.1 Å². The van der Waals surface area contributed by atoms with Crippen molar-refractivity contribution in [1.82, 2.24) is 5.32 Å². The zero-order chi connectivity index (χ0) is 13.4. The third-order valence-electron chi connectivity index (χ3n) is 3.52. The van der Waals surface area contributed by atoms with Crippen LogP contribution >= 0.6 is 7.60 Å².